The number of aliphatic carboxylic acids is 1. The van der Waals surface area contributed by atoms with Crippen LogP contribution < -0.4 is 5.73 Å². The summed E-state index contributed by atoms with van der Waals surface area (Å²) < 4.78 is 28.0. The first-order chi connectivity index (χ1) is 10.4. The SMILES string of the molecule is CC(=O)OC[C@@]1(C)[C@H](C(=O)O)N2C(=O)/C(=C\C(N)=O)[C@H]2S1(=O)=O. The van der Waals surface area contributed by atoms with Crippen LogP contribution in [0.25, 0.3) is 0 Å². The summed E-state index contributed by atoms with van der Waals surface area (Å²) in [4.78, 5) is 46.1. The van der Waals surface area contributed by atoms with E-state index in [4.69, 9.17) is 10.5 Å². The van der Waals surface area contributed by atoms with Crippen LogP contribution in [0.15, 0.2) is 11.6 Å². The van der Waals surface area contributed by atoms with Crippen molar-refractivity contribution in [2.24, 2.45) is 5.73 Å². The fourth-order valence-corrected chi connectivity index (χ4v) is 5.07. The Labute approximate surface area is 130 Å². The number of carboxylic acids is 1. The van der Waals surface area contributed by atoms with Gasteiger partial charge in [-0.2, -0.15) is 0 Å². The maximum Gasteiger partial charge on any atom is 0.328 e. The molecule has 3 N–H and O–H groups in total. The number of amides is 2. The fourth-order valence-electron chi connectivity index (χ4n) is 2.79. The molecule has 0 aromatic carbocycles. The third kappa shape index (κ3) is 2.19. The smallest absolute Gasteiger partial charge is 0.328 e. The van der Waals surface area contributed by atoms with Crippen LogP contribution >= 0.6 is 0 Å². The number of carboxylic acid groups (broad SMARTS) is 1. The summed E-state index contributed by atoms with van der Waals surface area (Å²) >= 11 is 0. The normalized spacial score (nSPS) is 33.0. The first kappa shape index (κ1) is 16.9. The molecule has 2 aliphatic heterocycles. The van der Waals surface area contributed by atoms with Crippen molar-refractivity contribution in [1.82, 2.24) is 4.90 Å². The van der Waals surface area contributed by atoms with Gasteiger partial charge in [0.25, 0.3) is 5.91 Å². The molecule has 3 atom stereocenters. The summed E-state index contributed by atoms with van der Waals surface area (Å²) in [6, 6.07) is -1.74. The van der Waals surface area contributed by atoms with E-state index in [0.717, 1.165) is 13.8 Å². The highest BCUT2D eigenvalue weighted by molar-refractivity contribution is 7.94. The molecule has 10 nitrogen and oxygen atoms in total. The molecule has 0 aromatic heterocycles. The first-order valence-corrected chi connectivity index (χ1v) is 7.93. The third-order valence-electron chi connectivity index (χ3n) is 3.89. The molecular weight excluding hydrogens is 332 g/mol. The second-order valence-corrected chi connectivity index (χ2v) is 7.91. The average molecular weight is 346 g/mol. The van der Waals surface area contributed by atoms with Gasteiger partial charge in [0.05, 0.1) is 5.57 Å². The molecule has 0 aliphatic carbocycles. The molecule has 0 spiro atoms. The predicted octanol–water partition coefficient (Wildman–Crippen LogP) is -2.23. The minimum Gasteiger partial charge on any atom is -0.480 e. The lowest BCUT2D eigenvalue weighted by Crippen LogP contribution is -2.59. The number of esters is 1. The average Bonchev–Trinajstić information content (AvgIpc) is 2.57. The molecule has 2 heterocycles. The molecule has 2 saturated heterocycles. The molecule has 11 heteroatoms. The maximum absolute atomic E-state index is 12.7. The lowest BCUT2D eigenvalue weighted by molar-refractivity contribution is -0.155. The number of ether oxygens (including phenoxy) is 1. The maximum atomic E-state index is 12.7. The molecule has 0 bridgehead atoms. The topological polar surface area (TPSA) is 161 Å². The summed E-state index contributed by atoms with van der Waals surface area (Å²) in [6.07, 6.45) is 0.664. The molecule has 2 amide bonds. The van der Waals surface area contributed by atoms with Crippen molar-refractivity contribution in [3.05, 3.63) is 11.6 Å². The highest BCUT2D eigenvalue weighted by atomic mass is 32.2. The Bertz CT molecular complexity index is 755. The van der Waals surface area contributed by atoms with Gasteiger partial charge in [0.15, 0.2) is 21.3 Å². The van der Waals surface area contributed by atoms with E-state index in [1.807, 2.05) is 0 Å². The minimum atomic E-state index is -4.27. The van der Waals surface area contributed by atoms with Crippen LogP contribution in [0.1, 0.15) is 13.8 Å². The number of rotatable bonds is 4. The van der Waals surface area contributed by atoms with E-state index in [1.54, 1.807) is 0 Å². The predicted molar refractivity (Wildman–Crippen MR) is 73.3 cm³/mol. The lowest BCUT2D eigenvalue weighted by Gasteiger charge is -2.37. The van der Waals surface area contributed by atoms with Gasteiger partial charge in [0.1, 0.15) is 11.4 Å². The molecule has 2 rings (SSSR count). The van der Waals surface area contributed by atoms with Crippen LogP contribution in [0.3, 0.4) is 0 Å². The van der Waals surface area contributed by atoms with Crippen molar-refractivity contribution in [3.63, 3.8) is 0 Å². The number of nitrogens with two attached hydrogens (primary N) is 1. The minimum absolute atomic E-state index is 0.393. The van der Waals surface area contributed by atoms with Crippen LogP contribution in [-0.4, -0.2) is 64.9 Å². The number of fused-ring (bicyclic) bond motifs is 1. The van der Waals surface area contributed by atoms with Crippen molar-refractivity contribution >= 4 is 33.6 Å². The monoisotopic (exact) mass is 346 g/mol. The first-order valence-electron chi connectivity index (χ1n) is 6.38. The van der Waals surface area contributed by atoms with Gasteiger partial charge in [-0.05, 0) is 6.92 Å². The van der Waals surface area contributed by atoms with Gasteiger partial charge < -0.3 is 20.5 Å². The number of sulfone groups is 1. The Morgan fingerprint density at radius 3 is 2.43 bits per heavy atom. The van der Waals surface area contributed by atoms with E-state index in [9.17, 15) is 32.7 Å². The molecule has 0 radical (unpaired) electrons. The number of carbonyl (C=O) groups is 4. The molecule has 126 valence electrons. The summed E-state index contributed by atoms with van der Waals surface area (Å²) in [5, 5.41) is 7.75. The Kier molecular flexibility index (Phi) is 3.71. The zero-order chi connectivity index (χ0) is 17.7. The highest BCUT2D eigenvalue weighted by Gasteiger charge is 2.72. The highest BCUT2D eigenvalue weighted by Crippen LogP contribution is 2.48. The van der Waals surface area contributed by atoms with Crippen LogP contribution in [0.5, 0.6) is 0 Å². The van der Waals surface area contributed by atoms with E-state index in [1.165, 1.54) is 0 Å². The fraction of sp³-hybridized carbons (Fsp3) is 0.500. The number of hydrogen-bond donors (Lipinski definition) is 2. The van der Waals surface area contributed by atoms with Crippen LogP contribution in [-0.2, 0) is 33.8 Å². The van der Waals surface area contributed by atoms with Crippen molar-refractivity contribution in [1.29, 1.82) is 0 Å². The van der Waals surface area contributed by atoms with Crippen LogP contribution in [0.2, 0.25) is 0 Å². The number of primary amides is 1. The van der Waals surface area contributed by atoms with Gasteiger partial charge in [-0.3, -0.25) is 14.4 Å². The quantitative estimate of drug-likeness (QED) is 0.328. The van der Waals surface area contributed by atoms with Gasteiger partial charge in [-0.1, -0.05) is 0 Å². The van der Waals surface area contributed by atoms with E-state index in [0.29, 0.717) is 11.0 Å². The summed E-state index contributed by atoms with van der Waals surface area (Å²) in [7, 11) is -4.27. The number of nitrogens with zero attached hydrogens (tertiary/aromatic N) is 1. The number of carbonyl (C=O) groups excluding carboxylic acids is 3. The Morgan fingerprint density at radius 2 is 2.00 bits per heavy atom. The Hall–Kier alpha value is -2.43. The van der Waals surface area contributed by atoms with Crippen molar-refractivity contribution in [2.75, 3.05) is 6.61 Å². The Balaban J connectivity index is 2.57. The molecule has 2 fully saturated rings. The summed E-state index contributed by atoms with van der Waals surface area (Å²) in [5.41, 5.74) is 4.54. The van der Waals surface area contributed by atoms with E-state index < -0.39 is 61.9 Å². The molecular formula is C12H14N2O8S. The summed E-state index contributed by atoms with van der Waals surface area (Å²) in [5.74, 6) is -4.28. The van der Waals surface area contributed by atoms with E-state index >= 15 is 0 Å². The second kappa shape index (κ2) is 5.05. The van der Waals surface area contributed by atoms with E-state index in [-0.39, 0.29) is 0 Å². The molecule has 0 saturated carbocycles. The standard InChI is InChI=1S/C12H14N2O8S/c1-5(15)22-4-12(2)8(11(18)19)14-9(17)6(3-7(13)16)10(14)23(12,20)21/h3,8,10H,4H2,1-2H3,(H2,13,16)(H,18,19)/b6-3+/t8-,10+,12-/m0/s1. The molecule has 0 aromatic rings. The van der Waals surface area contributed by atoms with Gasteiger partial charge in [0, 0.05) is 13.0 Å². The largest absolute Gasteiger partial charge is 0.480 e. The number of β-lactam (4-membered cyclic amide) rings is 1. The summed E-state index contributed by atoms with van der Waals surface area (Å²) in [6.45, 7) is 1.39. The van der Waals surface area contributed by atoms with Crippen molar-refractivity contribution in [3.8, 4) is 0 Å². The van der Waals surface area contributed by atoms with E-state index in [2.05, 4.69) is 0 Å². The van der Waals surface area contributed by atoms with Gasteiger partial charge in [-0.15, -0.1) is 0 Å². The second-order valence-electron chi connectivity index (χ2n) is 5.45. The zero-order valence-electron chi connectivity index (χ0n) is 12.2. The zero-order valence-corrected chi connectivity index (χ0v) is 13.0. The van der Waals surface area contributed by atoms with Crippen LogP contribution in [0, 0.1) is 0 Å². The van der Waals surface area contributed by atoms with Crippen LogP contribution in [0.4, 0.5) is 0 Å². The number of hydrogen-bond acceptors (Lipinski definition) is 7. The van der Waals surface area contributed by atoms with Gasteiger partial charge >= 0.3 is 11.9 Å². The van der Waals surface area contributed by atoms with Crippen molar-refractivity contribution < 1.29 is 37.4 Å². The van der Waals surface area contributed by atoms with Gasteiger partial charge in [0.2, 0.25) is 5.91 Å². The molecule has 0 unspecified atom stereocenters. The third-order valence-corrected chi connectivity index (χ3v) is 6.60. The molecule has 23 heavy (non-hydrogen) atoms. The lowest BCUT2D eigenvalue weighted by atomic mass is 9.94. The Morgan fingerprint density at radius 1 is 1.43 bits per heavy atom. The molecule has 2 aliphatic rings. The van der Waals surface area contributed by atoms with Crippen molar-refractivity contribution in [2.45, 2.75) is 30.0 Å². The van der Waals surface area contributed by atoms with Gasteiger partial charge in [-0.25, -0.2) is 13.2 Å².